The Balaban J connectivity index is 1.63. The van der Waals surface area contributed by atoms with Gasteiger partial charge in [0.15, 0.2) is 0 Å². The molecular formula is C31H45N5O13. The lowest BCUT2D eigenvalue weighted by atomic mass is 10.1. The number of amides is 7. The Morgan fingerprint density at radius 1 is 0.592 bits per heavy atom. The second-order valence-corrected chi connectivity index (χ2v) is 10.7. The van der Waals surface area contributed by atoms with Gasteiger partial charge in [0.25, 0.3) is 23.6 Å². The first-order chi connectivity index (χ1) is 23.6. The molecule has 0 saturated heterocycles. The molecule has 0 aliphatic carbocycles. The smallest absolute Gasteiger partial charge is 0.305 e. The number of carbonyl (C=O) groups excluding carboxylic acids is 7. The molecule has 2 rings (SSSR count). The number of carboxylic acids is 1. The minimum Gasteiger partial charge on any atom is -0.481 e. The second-order valence-electron chi connectivity index (χ2n) is 10.7. The van der Waals surface area contributed by atoms with E-state index in [-0.39, 0.29) is 84.2 Å². The van der Waals surface area contributed by atoms with E-state index < -0.39 is 47.5 Å². The van der Waals surface area contributed by atoms with Crippen molar-refractivity contribution in [3.63, 3.8) is 0 Å². The Morgan fingerprint density at radius 3 is 1.57 bits per heavy atom. The van der Waals surface area contributed by atoms with Crippen LogP contribution in [0.3, 0.4) is 0 Å². The molecule has 18 nitrogen and oxygen atoms in total. The summed E-state index contributed by atoms with van der Waals surface area (Å²) in [5.41, 5.74) is 0. The van der Waals surface area contributed by atoms with Crippen molar-refractivity contribution in [3.05, 3.63) is 24.3 Å². The SMILES string of the molecule is O=C(O)CCOCCOCCOCCOCCNC(=O)[C@@H](CCCCNC(=O)CCN1C(=O)C=CC1=O)NC(=O)CCN1C(=O)C=CC1=O. The first kappa shape index (κ1) is 40.7. The fourth-order valence-electron chi connectivity index (χ4n) is 4.35. The van der Waals surface area contributed by atoms with Crippen LogP contribution in [0.4, 0.5) is 0 Å². The number of imide groups is 2. The first-order valence-corrected chi connectivity index (χ1v) is 16.0. The predicted octanol–water partition coefficient (Wildman–Crippen LogP) is -1.95. The molecule has 0 unspecified atom stereocenters. The highest BCUT2D eigenvalue weighted by atomic mass is 16.6. The van der Waals surface area contributed by atoms with Gasteiger partial charge in [0.2, 0.25) is 17.7 Å². The standard InChI is InChI=1S/C31H45N5O13/c37-24(8-13-35-26(39)4-5-27(35)40)32-11-2-1-3-23(34-25(38)9-14-36-28(41)6-7-29(36)42)31(45)33-12-16-47-18-20-49-22-21-48-19-17-46-15-10-30(43)44/h4-7,23H,1-3,8-22H2,(H,32,37)(H,33,45)(H,34,38)(H,43,44)/t23-/m1/s1. The van der Waals surface area contributed by atoms with Crippen molar-refractivity contribution in [2.75, 3.05) is 79.0 Å². The van der Waals surface area contributed by atoms with Gasteiger partial charge in [0, 0.05) is 63.3 Å². The van der Waals surface area contributed by atoms with Gasteiger partial charge in [-0.3, -0.25) is 48.2 Å². The Labute approximate surface area is 283 Å². The summed E-state index contributed by atoms with van der Waals surface area (Å²) >= 11 is 0. The molecule has 49 heavy (non-hydrogen) atoms. The summed E-state index contributed by atoms with van der Waals surface area (Å²) in [5, 5.41) is 16.6. The Kier molecular flexibility index (Phi) is 19.7. The first-order valence-electron chi connectivity index (χ1n) is 16.0. The highest BCUT2D eigenvalue weighted by molar-refractivity contribution is 6.13. The van der Waals surface area contributed by atoms with Gasteiger partial charge in [-0.2, -0.15) is 0 Å². The van der Waals surface area contributed by atoms with Crippen molar-refractivity contribution in [2.45, 2.75) is 44.6 Å². The number of nitrogens with zero attached hydrogens (tertiary/aromatic N) is 2. The van der Waals surface area contributed by atoms with Crippen molar-refractivity contribution in [3.8, 4) is 0 Å². The molecule has 0 saturated carbocycles. The predicted molar refractivity (Wildman–Crippen MR) is 168 cm³/mol. The average Bonchev–Trinajstić information content (AvgIpc) is 3.57. The Bertz CT molecular complexity index is 1190. The third kappa shape index (κ3) is 17.4. The second kappa shape index (κ2) is 23.7. The van der Waals surface area contributed by atoms with Crippen LogP contribution >= 0.6 is 0 Å². The van der Waals surface area contributed by atoms with Gasteiger partial charge in [0.05, 0.1) is 59.3 Å². The minimum absolute atomic E-state index is 0.0305. The van der Waals surface area contributed by atoms with Gasteiger partial charge >= 0.3 is 5.97 Å². The minimum atomic E-state index is -0.924. The molecule has 2 aliphatic heterocycles. The number of ether oxygens (including phenoxy) is 4. The molecule has 0 radical (unpaired) electrons. The third-order valence-electron chi connectivity index (χ3n) is 6.94. The molecule has 0 fully saturated rings. The molecular weight excluding hydrogens is 650 g/mol. The van der Waals surface area contributed by atoms with Crippen molar-refractivity contribution in [2.24, 2.45) is 0 Å². The van der Waals surface area contributed by atoms with Crippen molar-refractivity contribution in [1.82, 2.24) is 25.8 Å². The molecule has 1 atom stereocenters. The Morgan fingerprint density at radius 2 is 1.06 bits per heavy atom. The van der Waals surface area contributed by atoms with E-state index in [9.17, 15) is 38.4 Å². The monoisotopic (exact) mass is 695 g/mol. The average molecular weight is 696 g/mol. The lowest BCUT2D eigenvalue weighted by Crippen LogP contribution is -2.48. The van der Waals surface area contributed by atoms with Crippen molar-refractivity contribution >= 4 is 47.3 Å². The summed E-state index contributed by atoms with van der Waals surface area (Å²) in [5.74, 6) is -4.20. The molecule has 2 heterocycles. The van der Waals surface area contributed by atoms with E-state index in [0.717, 1.165) is 34.1 Å². The maximum Gasteiger partial charge on any atom is 0.305 e. The van der Waals surface area contributed by atoms with Crippen LogP contribution in [0.15, 0.2) is 24.3 Å². The molecule has 0 bridgehead atoms. The van der Waals surface area contributed by atoms with Crippen LogP contribution in [0.2, 0.25) is 0 Å². The van der Waals surface area contributed by atoms with Crippen LogP contribution in [0, 0.1) is 0 Å². The molecule has 0 aromatic rings. The van der Waals surface area contributed by atoms with E-state index in [2.05, 4.69) is 16.0 Å². The van der Waals surface area contributed by atoms with E-state index in [1.54, 1.807) is 0 Å². The van der Waals surface area contributed by atoms with Crippen LogP contribution in [0.5, 0.6) is 0 Å². The maximum atomic E-state index is 12.9. The fraction of sp³-hybridized carbons (Fsp3) is 0.613. The number of rotatable bonds is 28. The number of aliphatic carboxylic acids is 1. The zero-order valence-corrected chi connectivity index (χ0v) is 27.4. The lowest BCUT2D eigenvalue weighted by molar-refractivity contribution is -0.139. The topological polar surface area (TPSA) is 236 Å². The van der Waals surface area contributed by atoms with Gasteiger partial charge in [-0.25, -0.2) is 0 Å². The van der Waals surface area contributed by atoms with Crippen molar-refractivity contribution in [1.29, 1.82) is 0 Å². The molecule has 0 aromatic carbocycles. The Hall–Kier alpha value is -4.52. The van der Waals surface area contributed by atoms with E-state index >= 15 is 0 Å². The van der Waals surface area contributed by atoms with E-state index in [0.29, 0.717) is 39.3 Å². The van der Waals surface area contributed by atoms with Crippen LogP contribution in [0.1, 0.15) is 38.5 Å². The maximum absolute atomic E-state index is 12.9. The zero-order valence-electron chi connectivity index (χ0n) is 27.4. The summed E-state index contributed by atoms with van der Waals surface area (Å²) in [6.45, 7) is 2.42. The van der Waals surface area contributed by atoms with Gasteiger partial charge in [0.1, 0.15) is 6.04 Å². The molecule has 4 N–H and O–H groups in total. The largest absolute Gasteiger partial charge is 0.481 e. The number of carbonyl (C=O) groups is 8. The van der Waals surface area contributed by atoms with E-state index in [1.807, 2.05) is 0 Å². The summed E-state index contributed by atoms with van der Waals surface area (Å²) in [4.78, 5) is 96.6. The van der Waals surface area contributed by atoms with Gasteiger partial charge < -0.3 is 40.0 Å². The third-order valence-corrected chi connectivity index (χ3v) is 6.94. The number of nitrogens with one attached hydrogen (secondary N) is 3. The normalized spacial score (nSPS) is 14.5. The summed E-state index contributed by atoms with van der Waals surface area (Å²) in [6.07, 6.45) is 5.40. The van der Waals surface area contributed by atoms with E-state index in [4.69, 9.17) is 24.1 Å². The van der Waals surface area contributed by atoms with Crippen LogP contribution in [-0.4, -0.2) is 147 Å². The summed E-state index contributed by atoms with van der Waals surface area (Å²) in [6, 6.07) is -0.920. The van der Waals surface area contributed by atoms with Gasteiger partial charge in [-0.05, 0) is 19.3 Å². The molecule has 0 aromatic heterocycles. The van der Waals surface area contributed by atoms with Crippen LogP contribution in [0.25, 0.3) is 0 Å². The number of hydrogen-bond acceptors (Lipinski definition) is 12. The molecule has 7 amide bonds. The quantitative estimate of drug-likeness (QED) is 0.0515. The zero-order chi connectivity index (χ0) is 35.9. The molecule has 272 valence electrons. The summed E-state index contributed by atoms with van der Waals surface area (Å²) in [7, 11) is 0. The lowest BCUT2D eigenvalue weighted by Gasteiger charge is -2.20. The highest BCUT2D eigenvalue weighted by Gasteiger charge is 2.26. The number of carboxylic acid groups (broad SMARTS) is 1. The van der Waals surface area contributed by atoms with Gasteiger partial charge in [-0.1, -0.05) is 0 Å². The van der Waals surface area contributed by atoms with E-state index in [1.165, 1.54) is 0 Å². The number of unbranched alkanes of at least 4 members (excludes halogenated alkanes) is 1. The van der Waals surface area contributed by atoms with Gasteiger partial charge in [-0.15, -0.1) is 0 Å². The van der Waals surface area contributed by atoms with Crippen molar-refractivity contribution < 1.29 is 62.4 Å². The van der Waals surface area contributed by atoms with Crippen LogP contribution < -0.4 is 16.0 Å². The molecule has 0 spiro atoms. The molecule has 2 aliphatic rings. The fourth-order valence-corrected chi connectivity index (χ4v) is 4.35. The number of hydrogen-bond donors (Lipinski definition) is 4. The van der Waals surface area contributed by atoms with Crippen LogP contribution in [-0.2, 0) is 57.3 Å². The highest BCUT2D eigenvalue weighted by Crippen LogP contribution is 2.07. The molecule has 18 heteroatoms. The summed E-state index contributed by atoms with van der Waals surface area (Å²) < 4.78 is 21.3.